The fourth-order valence-corrected chi connectivity index (χ4v) is 7.06. The van der Waals surface area contributed by atoms with Crippen LogP contribution in [0.1, 0.15) is 86.2 Å². The predicted octanol–water partition coefficient (Wildman–Crippen LogP) is 4.07. The molecule has 20 heteroatoms. The highest BCUT2D eigenvalue weighted by Crippen LogP contribution is 2.38. The maximum Gasteiger partial charge on any atom is 0.259 e. The van der Waals surface area contributed by atoms with Gasteiger partial charge in [-0.15, -0.1) is 23.5 Å². The summed E-state index contributed by atoms with van der Waals surface area (Å²) in [5.74, 6) is 0.384. The van der Waals surface area contributed by atoms with Crippen LogP contribution in [0.25, 0.3) is 0 Å². The average molecular weight is 915 g/mol. The number of benzene rings is 3. The van der Waals surface area contributed by atoms with Gasteiger partial charge in [0.25, 0.3) is 11.8 Å². The van der Waals surface area contributed by atoms with Crippen LogP contribution in [0.2, 0.25) is 0 Å². The van der Waals surface area contributed by atoms with Crippen LogP contribution < -0.4 is 71.3 Å². The number of carbonyl (C=O) groups excluding carboxylic acids is 2. The minimum absolute atomic E-state index is 0.00248. The summed E-state index contributed by atoms with van der Waals surface area (Å²) in [5, 5.41) is 9.29. The SMILES string of the molecule is CC.CN.CN.CNCCSc1ccc(C(C)(C)C)cc1NC(=O)c1cc(C(=O)Nc2cc(C(C)C)cc(N)c2SCCN=CN)c(OCCN=C(N)N)cc1OCCN=C(N)N. The molecule has 18 nitrogen and oxygen atoms in total. The summed E-state index contributed by atoms with van der Waals surface area (Å²) in [6.07, 6.45) is 1.25. The Morgan fingerprint density at radius 2 is 1.30 bits per heavy atom. The maximum atomic E-state index is 14.5. The zero-order chi connectivity index (χ0) is 48.1. The van der Waals surface area contributed by atoms with Crippen molar-refractivity contribution in [3.8, 4) is 11.5 Å². The average Bonchev–Trinajstić information content (AvgIpc) is 3.25. The van der Waals surface area contributed by atoms with Crippen LogP contribution in [0.3, 0.4) is 0 Å². The van der Waals surface area contributed by atoms with Crippen LogP contribution in [-0.4, -0.2) is 102 Å². The van der Waals surface area contributed by atoms with Crippen molar-refractivity contribution in [3.63, 3.8) is 0 Å². The molecule has 0 aliphatic carbocycles. The van der Waals surface area contributed by atoms with Gasteiger partial charge in [0, 0.05) is 34.7 Å². The van der Waals surface area contributed by atoms with Crippen LogP contribution in [0.5, 0.6) is 11.5 Å². The summed E-state index contributed by atoms with van der Waals surface area (Å²) in [7, 11) is 4.89. The summed E-state index contributed by atoms with van der Waals surface area (Å²) in [6, 6.07) is 12.7. The molecule has 19 N–H and O–H groups in total. The van der Waals surface area contributed by atoms with E-state index in [0.29, 0.717) is 34.3 Å². The van der Waals surface area contributed by atoms with Crippen LogP contribution in [0.4, 0.5) is 17.1 Å². The minimum atomic E-state index is -0.562. The van der Waals surface area contributed by atoms with Crippen molar-refractivity contribution in [3.05, 3.63) is 64.7 Å². The number of aliphatic imine (C=N–C) groups is 3. The molecule has 0 atom stereocenters. The van der Waals surface area contributed by atoms with Gasteiger partial charge in [-0.05, 0) is 73.9 Å². The van der Waals surface area contributed by atoms with Gasteiger partial charge in [0.1, 0.15) is 24.7 Å². The maximum absolute atomic E-state index is 14.5. The number of rotatable bonds is 21. The van der Waals surface area contributed by atoms with Crippen molar-refractivity contribution in [2.75, 3.05) is 88.4 Å². The van der Waals surface area contributed by atoms with E-state index >= 15 is 0 Å². The third-order valence-electron chi connectivity index (χ3n) is 8.19. The number of nitrogen functional groups attached to an aromatic ring is 1. The van der Waals surface area contributed by atoms with Gasteiger partial charge in [-0.3, -0.25) is 24.6 Å². The number of guanidine groups is 2. The number of nitrogens with one attached hydrogen (secondary N) is 3. The molecule has 0 unspecified atom stereocenters. The molecule has 63 heavy (non-hydrogen) atoms. The molecule has 3 aromatic carbocycles. The Morgan fingerprint density at radius 1 is 0.762 bits per heavy atom. The molecular formula is C43H74N14O4S2. The fourth-order valence-electron chi connectivity index (χ4n) is 5.21. The van der Waals surface area contributed by atoms with Gasteiger partial charge in [-0.25, -0.2) is 0 Å². The molecule has 3 rings (SSSR count). The Bertz CT molecular complexity index is 1930. The molecule has 0 spiro atoms. The lowest BCUT2D eigenvalue weighted by atomic mass is 9.87. The van der Waals surface area contributed by atoms with Crippen molar-refractivity contribution >= 4 is 70.7 Å². The number of hydrogen-bond donors (Lipinski definition) is 11. The second-order valence-corrected chi connectivity index (χ2v) is 16.3. The number of nitrogens with two attached hydrogens (primary N) is 8. The summed E-state index contributed by atoms with van der Waals surface area (Å²) < 4.78 is 12.2. The topological polar surface area (TPSA) is 334 Å². The van der Waals surface area contributed by atoms with Crippen LogP contribution >= 0.6 is 23.5 Å². The molecule has 0 aromatic heterocycles. The third kappa shape index (κ3) is 20.5. The van der Waals surface area contributed by atoms with E-state index < -0.39 is 11.8 Å². The lowest BCUT2D eigenvalue weighted by molar-refractivity contribution is 0.102. The van der Waals surface area contributed by atoms with Crippen molar-refractivity contribution in [1.29, 1.82) is 0 Å². The third-order valence-corrected chi connectivity index (χ3v) is 10.4. The first-order valence-corrected chi connectivity index (χ1v) is 22.5. The molecule has 3 aromatic rings. The first kappa shape index (κ1) is 57.6. The molecule has 2 amide bonds. The lowest BCUT2D eigenvalue weighted by Gasteiger charge is -2.22. The van der Waals surface area contributed by atoms with E-state index in [1.807, 2.05) is 59.0 Å². The highest BCUT2D eigenvalue weighted by Gasteiger charge is 2.25. The van der Waals surface area contributed by atoms with Gasteiger partial charge < -0.3 is 71.3 Å². The number of amides is 2. The van der Waals surface area contributed by atoms with Gasteiger partial charge in [-0.1, -0.05) is 54.5 Å². The molecule has 0 fully saturated rings. The highest BCUT2D eigenvalue weighted by molar-refractivity contribution is 7.99. The van der Waals surface area contributed by atoms with E-state index in [1.165, 1.54) is 44.3 Å². The highest BCUT2D eigenvalue weighted by atomic mass is 32.2. The Balaban J connectivity index is 0.00000613. The van der Waals surface area contributed by atoms with Gasteiger partial charge in [-0.2, -0.15) is 0 Å². The standard InChI is InChI=1S/C39H58N12O4S2.C2H6.2CH5N/c1-23(2)24-17-28(41)34(57-16-12-47-22-40)30(18-24)51-36(53)27-20-26(31(54-13-9-48-37(42)43)21-32(27)55-14-10-49-38(44)45)35(52)50-29-19-25(39(3,4)5)7-8-33(29)56-15-11-46-6;3*1-2/h7-8,17-23,46H,9-16,41H2,1-6H3,(H2,40,47)(H,50,52)(H,51,53)(H4,42,43,48)(H4,44,45,49);1-2H3;2*2H2,1H3. The molecule has 0 aliphatic heterocycles. The van der Waals surface area contributed by atoms with Crippen molar-refractivity contribution < 1.29 is 19.1 Å². The van der Waals surface area contributed by atoms with E-state index in [1.54, 1.807) is 11.8 Å². The zero-order valence-corrected chi connectivity index (χ0v) is 40.4. The molecule has 0 heterocycles. The molecule has 352 valence electrons. The predicted molar refractivity (Wildman–Crippen MR) is 269 cm³/mol. The summed E-state index contributed by atoms with van der Waals surface area (Å²) in [4.78, 5) is 42.5. The van der Waals surface area contributed by atoms with Gasteiger partial charge in [0.15, 0.2) is 11.9 Å². The summed E-state index contributed by atoms with van der Waals surface area (Å²) in [5.41, 5.74) is 46.6. The quantitative estimate of drug-likeness (QED) is 0.0236. The normalized spacial score (nSPS) is 10.6. The summed E-state index contributed by atoms with van der Waals surface area (Å²) in [6.45, 7) is 15.8. The van der Waals surface area contributed by atoms with E-state index in [-0.39, 0.29) is 72.2 Å². The van der Waals surface area contributed by atoms with Gasteiger partial charge in [0.05, 0.1) is 53.4 Å². The number of hydrogen-bond acceptors (Lipinski definition) is 13. The summed E-state index contributed by atoms with van der Waals surface area (Å²) >= 11 is 3.04. The van der Waals surface area contributed by atoms with E-state index in [4.69, 9.17) is 43.9 Å². The monoisotopic (exact) mass is 915 g/mol. The Kier molecular flexibility index (Phi) is 28.7. The van der Waals surface area contributed by atoms with E-state index in [0.717, 1.165) is 28.3 Å². The Hall–Kier alpha value is -5.41. The molecule has 0 radical (unpaired) electrons. The Labute approximate surface area is 383 Å². The first-order valence-electron chi connectivity index (χ1n) is 20.6. The molecule has 0 saturated heterocycles. The zero-order valence-electron chi connectivity index (χ0n) is 38.8. The van der Waals surface area contributed by atoms with Crippen molar-refractivity contribution in [2.45, 2.75) is 69.6 Å². The van der Waals surface area contributed by atoms with Crippen molar-refractivity contribution in [1.82, 2.24) is 5.32 Å². The van der Waals surface area contributed by atoms with Crippen LogP contribution in [0, 0.1) is 0 Å². The van der Waals surface area contributed by atoms with Crippen LogP contribution in [-0.2, 0) is 5.41 Å². The number of anilines is 3. The fraction of sp³-hybridized carbons (Fsp3) is 0.465. The molecule has 0 bridgehead atoms. The Morgan fingerprint density at radius 3 is 1.78 bits per heavy atom. The molecular weight excluding hydrogens is 841 g/mol. The second-order valence-electron chi connectivity index (χ2n) is 14.0. The number of thioether (sulfide) groups is 2. The van der Waals surface area contributed by atoms with Crippen LogP contribution in [0.15, 0.2) is 67.2 Å². The number of ether oxygens (including phenoxy) is 2. The largest absolute Gasteiger partial charge is 0.491 e. The minimum Gasteiger partial charge on any atom is -0.491 e. The van der Waals surface area contributed by atoms with Gasteiger partial charge >= 0.3 is 0 Å². The number of nitrogens with zero attached hydrogens (tertiary/aromatic N) is 3. The van der Waals surface area contributed by atoms with Gasteiger partial charge in [0.2, 0.25) is 0 Å². The smallest absolute Gasteiger partial charge is 0.259 e. The lowest BCUT2D eigenvalue weighted by Crippen LogP contribution is -2.24. The molecule has 0 saturated carbocycles. The van der Waals surface area contributed by atoms with E-state index in [9.17, 15) is 9.59 Å². The second kappa shape index (κ2) is 31.4. The van der Waals surface area contributed by atoms with Crippen molar-refractivity contribution in [2.24, 2.45) is 55.1 Å². The number of carbonyl (C=O) groups is 2. The van der Waals surface area contributed by atoms with E-state index in [2.05, 4.69) is 69.2 Å². The molecule has 0 aliphatic rings. The first-order chi connectivity index (χ1) is 30.0.